The summed E-state index contributed by atoms with van der Waals surface area (Å²) in [5.41, 5.74) is 0.0447. The minimum atomic E-state index is -0.975. The van der Waals surface area contributed by atoms with E-state index in [0.717, 1.165) is 0 Å². The van der Waals surface area contributed by atoms with E-state index in [9.17, 15) is 20.0 Å². The number of aromatic hydroxyl groups is 1. The van der Waals surface area contributed by atoms with Crippen molar-refractivity contribution in [2.75, 3.05) is 0 Å². The maximum atomic E-state index is 10.7. The molecular formula is C10H10BrNO5. The molecule has 1 rings (SSSR count). The number of phenols is 1. The quantitative estimate of drug-likeness (QED) is 0.656. The van der Waals surface area contributed by atoms with Crippen LogP contribution in [0.3, 0.4) is 0 Å². The van der Waals surface area contributed by atoms with E-state index in [-0.39, 0.29) is 10.9 Å². The van der Waals surface area contributed by atoms with Gasteiger partial charge in [-0.25, -0.2) is 0 Å². The van der Waals surface area contributed by atoms with Crippen molar-refractivity contribution in [1.29, 1.82) is 0 Å². The summed E-state index contributed by atoms with van der Waals surface area (Å²) in [6.45, 7) is 1.51. The number of nitrogens with zero attached hydrogens (tertiary/aromatic N) is 1. The fourth-order valence-corrected chi connectivity index (χ4v) is 1.83. The fourth-order valence-electron chi connectivity index (χ4n) is 1.34. The Kier molecular flexibility index (Phi) is 4.06. The molecule has 1 aromatic carbocycles. The zero-order valence-corrected chi connectivity index (χ0v) is 10.5. The molecule has 1 aromatic rings. The van der Waals surface area contributed by atoms with Crippen LogP contribution in [0.4, 0.5) is 5.69 Å². The lowest BCUT2D eigenvalue weighted by atomic mass is 10.0. The number of carbonyl (C=O) groups is 1. The number of rotatable bonds is 4. The number of aliphatic carboxylic acids is 1. The zero-order valence-electron chi connectivity index (χ0n) is 8.88. The first-order chi connectivity index (χ1) is 7.82. The lowest BCUT2D eigenvalue weighted by Crippen LogP contribution is -2.12. The smallest absolute Gasteiger partial charge is 0.312 e. The Morgan fingerprint density at radius 3 is 2.65 bits per heavy atom. The van der Waals surface area contributed by atoms with Crippen molar-refractivity contribution in [2.45, 2.75) is 13.3 Å². The monoisotopic (exact) mass is 303 g/mol. The van der Waals surface area contributed by atoms with Gasteiger partial charge in [0.05, 0.1) is 15.3 Å². The average molecular weight is 304 g/mol. The first kappa shape index (κ1) is 13.4. The second kappa shape index (κ2) is 5.13. The second-order valence-electron chi connectivity index (χ2n) is 3.65. The number of nitro groups is 1. The van der Waals surface area contributed by atoms with Gasteiger partial charge in [-0.15, -0.1) is 0 Å². The molecule has 92 valence electrons. The molecule has 0 fully saturated rings. The molecule has 0 spiro atoms. The summed E-state index contributed by atoms with van der Waals surface area (Å²) in [6, 6.07) is 2.65. The first-order valence-corrected chi connectivity index (χ1v) is 5.50. The van der Waals surface area contributed by atoms with Crippen molar-refractivity contribution < 1.29 is 19.9 Å². The number of halogens is 1. The van der Waals surface area contributed by atoms with Crippen LogP contribution in [-0.4, -0.2) is 21.1 Å². The van der Waals surface area contributed by atoms with Gasteiger partial charge in [0.2, 0.25) is 5.75 Å². The number of nitro benzene ring substituents is 1. The van der Waals surface area contributed by atoms with E-state index < -0.39 is 28.2 Å². The summed E-state index contributed by atoms with van der Waals surface area (Å²) in [5.74, 6) is -2.08. The van der Waals surface area contributed by atoms with Gasteiger partial charge in [0.25, 0.3) is 0 Å². The van der Waals surface area contributed by atoms with E-state index >= 15 is 0 Å². The predicted molar refractivity (Wildman–Crippen MR) is 63.0 cm³/mol. The molecular weight excluding hydrogens is 294 g/mol. The highest BCUT2D eigenvalue weighted by atomic mass is 79.9. The number of carboxylic acid groups (broad SMARTS) is 1. The molecule has 0 heterocycles. The van der Waals surface area contributed by atoms with E-state index in [1.165, 1.54) is 19.1 Å². The second-order valence-corrected chi connectivity index (χ2v) is 4.50. The third-order valence-electron chi connectivity index (χ3n) is 2.26. The average Bonchev–Trinajstić information content (AvgIpc) is 2.22. The van der Waals surface area contributed by atoms with Gasteiger partial charge < -0.3 is 10.2 Å². The van der Waals surface area contributed by atoms with Crippen molar-refractivity contribution in [3.8, 4) is 5.75 Å². The lowest BCUT2D eigenvalue weighted by Gasteiger charge is -2.07. The van der Waals surface area contributed by atoms with Crippen LogP contribution in [0.15, 0.2) is 16.6 Å². The zero-order chi connectivity index (χ0) is 13.2. The topological polar surface area (TPSA) is 101 Å². The molecule has 1 unspecified atom stereocenters. The summed E-state index contributed by atoms with van der Waals surface area (Å²) in [6.07, 6.45) is 0.162. The van der Waals surface area contributed by atoms with Gasteiger partial charge >= 0.3 is 11.7 Å². The molecule has 0 aromatic heterocycles. The minimum absolute atomic E-state index is 0.162. The third-order valence-corrected chi connectivity index (χ3v) is 2.87. The summed E-state index contributed by atoms with van der Waals surface area (Å²) < 4.78 is 0.180. The maximum Gasteiger partial charge on any atom is 0.312 e. The molecule has 0 aliphatic rings. The summed E-state index contributed by atoms with van der Waals surface area (Å²) >= 11 is 2.99. The Morgan fingerprint density at radius 1 is 1.59 bits per heavy atom. The van der Waals surface area contributed by atoms with Crippen LogP contribution < -0.4 is 0 Å². The van der Waals surface area contributed by atoms with Gasteiger partial charge in [-0.1, -0.05) is 6.92 Å². The molecule has 6 nitrogen and oxygen atoms in total. The van der Waals surface area contributed by atoms with Crippen molar-refractivity contribution in [1.82, 2.24) is 0 Å². The van der Waals surface area contributed by atoms with Crippen LogP contribution in [0, 0.1) is 16.0 Å². The number of phenolic OH excluding ortho intramolecular Hbond substituents is 1. The molecule has 0 bridgehead atoms. The van der Waals surface area contributed by atoms with Crippen LogP contribution in [-0.2, 0) is 11.2 Å². The fraction of sp³-hybridized carbons (Fsp3) is 0.300. The van der Waals surface area contributed by atoms with E-state index in [2.05, 4.69) is 15.9 Å². The minimum Gasteiger partial charge on any atom is -0.501 e. The van der Waals surface area contributed by atoms with E-state index in [1.54, 1.807) is 0 Å². The third kappa shape index (κ3) is 3.16. The molecule has 0 radical (unpaired) electrons. The Labute approximate surface area is 105 Å². The van der Waals surface area contributed by atoms with Gasteiger partial charge in [0.1, 0.15) is 0 Å². The molecule has 17 heavy (non-hydrogen) atoms. The number of benzene rings is 1. The van der Waals surface area contributed by atoms with Crippen LogP contribution in [0.2, 0.25) is 0 Å². The summed E-state index contributed by atoms with van der Waals surface area (Å²) in [4.78, 5) is 20.6. The number of carboxylic acids is 1. The largest absolute Gasteiger partial charge is 0.501 e. The van der Waals surface area contributed by atoms with Gasteiger partial charge in [-0.05, 0) is 34.0 Å². The van der Waals surface area contributed by atoms with Crippen molar-refractivity contribution >= 4 is 27.6 Å². The molecule has 2 N–H and O–H groups in total. The standard InChI is InChI=1S/C10H10BrNO5/c1-5(10(14)15)2-6-3-7(11)9(13)8(4-6)12(16)17/h3-5,13H,2H2,1H3,(H,14,15). The highest BCUT2D eigenvalue weighted by molar-refractivity contribution is 9.10. The summed E-state index contributed by atoms with van der Waals surface area (Å²) in [5, 5.41) is 28.8. The van der Waals surface area contributed by atoms with E-state index in [0.29, 0.717) is 5.56 Å². The van der Waals surface area contributed by atoms with Gasteiger partial charge in [-0.3, -0.25) is 14.9 Å². The number of hydrogen-bond acceptors (Lipinski definition) is 4. The van der Waals surface area contributed by atoms with Crippen LogP contribution in [0.25, 0.3) is 0 Å². The molecule has 1 atom stereocenters. The summed E-state index contributed by atoms with van der Waals surface area (Å²) in [7, 11) is 0. The maximum absolute atomic E-state index is 10.7. The molecule has 0 aliphatic carbocycles. The van der Waals surface area contributed by atoms with Crippen LogP contribution in [0.5, 0.6) is 5.75 Å². The molecule has 0 saturated carbocycles. The van der Waals surface area contributed by atoms with Gasteiger partial charge in [0, 0.05) is 6.07 Å². The van der Waals surface area contributed by atoms with E-state index in [1.807, 2.05) is 0 Å². The SMILES string of the molecule is CC(Cc1cc(Br)c(O)c([N+](=O)[O-])c1)C(=O)O. The van der Waals surface area contributed by atoms with Crippen molar-refractivity contribution in [3.05, 3.63) is 32.3 Å². The number of hydrogen-bond donors (Lipinski definition) is 2. The van der Waals surface area contributed by atoms with Crippen molar-refractivity contribution in [2.24, 2.45) is 5.92 Å². The van der Waals surface area contributed by atoms with Crippen molar-refractivity contribution in [3.63, 3.8) is 0 Å². The molecule has 0 amide bonds. The molecule has 7 heteroatoms. The van der Waals surface area contributed by atoms with Crippen LogP contribution in [0.1, 0.15) is 12.5 Å². The Bertz CT molecular complexity index is 474. The molecule has 0 saturated heterocycles. The lowest BCUT2D eigenvalue weighted by molar-refractivity contribution is -0.386. The Balaban J connectivity index is 3.11. The highest BCUT2D eigenvalue weighted by Crippen LogP contribution is 2.35. The Morgan fingerprint density at radius 2 is 2.18 bits per heavy atom. The van der Waals surface area contributed by atoms with E-state index in [4.69, 9.17) is 5.11 Å². The normalized spacial score (nSPS) is 12.1. The Hall–Kier alpha value is -1.63. The molecule has 0 aliphatic heterocycles. The predicted octanol–water partition coefficient (Wildman–Crippen LogP) is 2.33. The first-order valence-electron chi connectivity index (χ1n) is 4.71. The van der Waals surface area contributed by atoms with Gasteiger partial charge in [0.15, 0.2) is 0 Å². The van der Waals surface area contributed by atoms with Crippen LogP contribution >= 0.6 is 15.9 Å². The highest BCUT2D eigenvalue weighted by Gasteiger charge is 2.20. The van der Waals surface area contributed by atoms with Gasteiger partial charge in [-0.2, -0.15) is 0 Å².